The average Bonchev–Trinajstić information content (AvgIpc) is 1.87. The molecule has 0 aliphatic carbocycles. The molecule has 0 saturated carbocycles. The maximum Gasteiger partial charge on any atom is 0.0814 e. The first-order valence-corrected chi connectivity index (χ1v) is 6.96. The Hall–Kier alpha value is 1.05. The minimum absolute atomic E-state index is 0. The highest BCUT2D eigenvalue weighted by Crippen LogP contribution is 2.22. The van der Waals surface area contributed by atoms with E-state index in [9.17, 15) is 0 Å². The average molecular weight is 229 g/mol. The fourth-order valence-corrected chi connectivity index (χ4v) is 0. The summed E-state index contributed by atoms with van der Waals surface area (Å²) in [5.41, 5.74) is 0. The standard InChI is InChI=1S/C6H13Cl.C2H6S2.BH3/c1-5(2)6(3,4)7;1-3-4-2;/h5H,1-4H3;1-2H3;1H3. The van der Waals surface area contributed by atoms with Crippen LogP contribution in [0.3, 0.4) is 0 Å². The summed E-state index contributed by atoms with van der Waals surface area (Å²) in [5, 5.41) is 0. The first-order chi connectivity index (χ1) is 4.86. The predicted octanol–water partition coefficient (Wildman–Crippen LogP) is 3.10. The zero-order chi connectivity index (χ0) is 9.49. The molecule has 0 amide bonds. The van der Waals surface area contributed by atoms with Crippen molar-refractivity contribution in [2.45, 2.75) is 32.6 Å². The fourth-order valence-electron chi connectivity index (χ4n) is 0. The van der Waals surface area contributed by atoms with Crippen molar-refractivity contribution < 1.29 is 0 Å². The Morgan fingerprint density at radius 3 is 1.25 bits per heavy atom. The van der Waals surface area contributed by atoms with Gasteiger partial charge < -0.3 is 0 Å². The third-order valence-corrected chi connectivity index (χ3v) is 3.31. The minimum atomic E-state index is -0.0278. The molecular weight excluding hydrogens is 206 g/mol. The molecule has 0 aliphatic rings. The third kappa shape index (κ3) is 17.2. The molecule has 0 aromatic carbocycles. The zero-order valence-corrected chi connectivity index (χ0v) is 10.7. The Morgan fingerprint density at radius 2 is 1.25 bits per heavy atom. The normalized spacial score (nSPS) is 10.0. The van der Waals surface area contributed by atoms with Crippen LogP contribution in [0.25, 0.3) is 0 Å². The van der Waals surface area contributed by atoms with Gasteiger partial charge in [-0.15, -0.1) is 11.6 Å². The van der Waals surface area contributed by atoms with Crippen LogP contribution in [-0.2, 0) is 0 Å². The van der Waals surface area contributed by atoms with Crippen LogP contribution in [0, 0.1) is 5.92 Å². The fraction of sp³-hybridized carbons (Fsp3) is 1.00. The molecule has 0 aromatic rings. The lowest BCUT2D eigenvalue weighted by Crippen LogP contribution is -2.18. The molecule has 12 heavy (non-hydrogen) atoms. The van der Waals surface area contributed by atoms with Gasteiger partial charge >= 0.3 is 0 Å². The maximum absolute atomic E-state index is 5.87. The first-order valence-electron chi connectivity index (χ1n) is 3.62. The Bertz CT molecular complexity index is 79.6. The van der Waals surface area contributed by atoms with Crippen LogP contribution in [-0.4, -0.2) is 25.8 Å². The summed E-state index contributed by atoms with van der Waals surface area (Å²) in [6.45, 7) is 8.29. The second-order valence-electron chi connectivity index (χ2n) is 3.05. The summed E-state index contributed by atoms with van der Waals surface area (Å²) in [6, 6.07) is 0. The summed E-state index contributed by atoms with van der Waals surface area (Å²) in [7, 11) is 3.55. The van der Waals surface area contributed by atoms with Crippen molar-refractivity contribution in [3.8, 4) is 0 Å². The molecule has 0 aliphatic heterocycles. The monoisotopic (exact) mass is 228 g/mol. The largest absolute Gasteiger partial charge is 0.120 e. The summed E-state index contributed by atoms with van der Waals surface area (Å²) in [4.78, 5) is -0.0278. The van der Waals surface area contributed by atoms with Gasteiger partial charge in [-0.2, -0.15) is 0 Å². The molecule has 0 saturated heterocycles. The van der Waals surface area contributed by atoms with Gasteiger partial charge in [0.15, 0.2) is 0 Å². The number of rotatable bonds is 2. The highest BCUT2D eigenvalue weighted by Gasteiger charge is 2.16. The van der Waals surface area contributed by atoms with Crippen molar-refractivity contribution in [2.24, 2.45) is 5.92 Å². The van der Waals surface area contributed by atoms with Gasteiger partial charge in [-0.3, -0.25) is 0 Å². The van der Waals surface area contributed by atoms with E-state index < -0.39 is 0 Å². The van der Waals surface area contributed by atoms with Gasteiger partial charge in [0.1, 0.15) is 0 Å². The lowest BCUT2D eigenvalue weighted by molar-refractivity contribution is 0.494. The molecule has 0 nitrogen and oxygen atoms in total. The summed E-state index contributed by atoms with van der Waals surface area (Å²) in [6.07, 6.45) is 4.12. The molecular formula is C8H22BClS2. The van der Waals surface area contributed by atoms with Crippen molar-refractivity contribution in [2.75, 3.05) is 12.5 Å². The predicted molar refractivity (Wildman–Crippen MR) is 71.7 cm³/mol. The molecule has 0 radical (unpaired) electrons. The smallest absolute Gasteiger partial charge is 0.0814 e. The van der Waals surface area contributed by atoms with E-state index in [0.717, 1.165) is 0 Å². The van der Waals surface area contributed by atoms with Crippen LogP contribution in [0.5, 0.6) is 0 Å². The molecule has 0 atom stereocenters. The number of halogens is 1. The van der Waals surface area contributed by atoms with Gasteiger partial charge in [0.05, 0.1) is 8.41 Å². The molecule has 0 fully saturated rings. The van der Waals surface area contributed by atoms with Gasteiger partial charge in [-0.05, 0) is 32.3 Å². The van der Waals surface area contributed by atoms with E-state index in [0.29, 0.717) is 5.92 Å². The Balaban J connectivity index is -0.000000142. The second-order valence-corrected chi connectivity index (χ2v) is 6.69. The van der Waals surface area contributed by atoms with Crippen molar-refractivity contribution >= 4 is 41.6 Å². The van der Waals surface area contributed by atoms with E-state index in [1.807, 2.05) is 13.8 Å². The van der Waals surface area contributed by atoms with E-state index in [4.69, 9.17) is 11.6 Å². The highest BCUT2D eigenvalue weighted by atomic mass is 35.5. The van der Waals surface area contributed by atoms with Crippen molar-refractivity contribution in [3.05, 3.63) is 0 Å². The van der Waals surface area contributed by atoms with Crippen LogP contribution in [0.1, 0.15) is 27.7 Å². The van der Waals surface area contributed by atoms with Crippen LogP contribution in [0.2, 0.25) is 0 Å². The first kappa shape index (κ1) is 18.8. The summed E-state index contributed by atoms with van der Waals surface area (Å²) >= 11 is 5.87. The van der Waals surface area contributed by atoms with Gasteiger partial charge in [0, 0.05) is 4.87 Å². The van der Waals surface area contributed by atoms with Crippen molar-refractivity contribution in [1.82, 2.24) is 0 Å². The Labute approximate surface area is 92.6 Å². The van der Waals surface area contributed by atoms with Crippen LogP contribution in [0.15, 0.2) is 0 Å². The van der Waals surface area contributed by atoms with Gasteiger partial charge in [0.25, 0.3) is 0 Å². The molecule has 0 aromatic heterocycles. The van der Waals surface area contributed by atoms with E-state index in [-0.39, 0.29) is 13.3 Å². The third-order valence-electron chi connectivity index (χ3n) is 1.54. The van der Waals surface area contributed by atoms with Crippen LogP contribution >= 0.6 is 33.2 Å². The van der Waals surface area contributed by atoms with Gasteiger partial charge in [-0.1, -0.05) is 35.4 Å². The van der Waals surface area contributed by atoms with Crippen LogP contribution < -0.4 is 0 Å². The zero-order valence-electron chi connectivity index (χ0n) is 8.27. The van der Waals surface area contributed by atoms with Crippen molar-refractivity contribution in [1.29, 1.82) is 0 Å². The Kier molecular flexibility index (Phi) is 15.9. The van der Waals surface area contributed by atoms with Gasteiger partial charge in [0.2, 0.25) is 0 Å². The van der Waals surface area contributed by atoms with E-state index in [1.165, 1.54) is 0 Å². The minimum Gasteiger partial charge on any atom is -0.120 e. The van der Waals surface area contributed by atoms with E-state index in [2.05, 4.69) is 26.4 Å². The molecule has 76 valence electrons. The molecule has 0 rings (SSSR count). The van der Waals surface area contributed by atoms with E-state index >= 15 is 0 Å². The van der Waals surface area contributed by atoms with Crippen molar-refractivity contribution in [3.63, 3.8) is 0 Å². The quantitative estimate of drug-likeness (QED) is 0.405. The number of hydrogen-bond donors (Lipinski definition) is 0. The molecule has 0 spiro atoms. The molecule has 4 heteroatoms. The Morgan fingerprint density at radius 1 is 1.08 bits per heavy atom. The number of alkyl halides is 1. The molecule has 0 bridgehead atoms. The summed E-state index contributed by atoms with van der Waals surface area (Å²) < 4.78 is 0. The molecule has 0 unspecified atom stereocenters. The highest BCUT2D eigenvalue weighted by molar-refractivity contribution is 8.76. The topological polar surface area (TPSA) is 0 Å². The number of hydrogen-bond acceptors (Lipinski definition) is 2. The van der Waals surface area contributed by atoms with Crippen LogP contribution in [0.4, 0.5) is 0 Å². The molecule has 0 heterocycles. The van der Waals surface area contributed by atoms with Gasteiger partial charge in [-0.25, -0.2) is 0 Å². The SMILES string of the molecule is B.CC(C)C(C)(C)Cl.CSSC. The lowest BCUT2D eigenvalue weighted by Gasteiger charge is -2.19. The second kappa shape index (κ2) is 10.1. The molecule has 0 N–H and O–H groups in total. The maximum atomic E-state index is 5.87. The summed E-state index contributed by atoms with van der Waals surface area (Å²) in [5.74, 6) is 0.564. The lowest BCUT2D eigenvalue weighted by atomic mass is 10.00. The van der Waals surface area contributed by atoms with E-state index in [1.54, 1.807) is 21.6 Å².